The van der Waals surface area contributed by atoms with E-state index in [-0.39, 0.29) is 17.4 Å². The molecule has 41 heavy (non-hydrogen) atoms. The molecule has 0 aliphatic carbocycles. The number of aryl methyl sites for hydroxylation is 2. The molecule has 4 rings (SSSR count). The zero-order valence-electron chi connectivity index (χ0n) is 22.2. The van der Waals surface area contributed by atoms with Crippen LogP contribution >= 0.6 is 39.3 Å². The van der Waals surface area contributed by atoms with Gasteiger partial charge in [0.25, 0.3) is 17.1 Å². The van der Waals surface area contributed by atoms with E-state index in [9.17, 15) is 19.2 Å². The van der Waals surface area contributed by atoms with Crippen molar-refractivity contribution in [2.75, 3.05) is 30.9 Å². The number of amides is 4. The summed E-state index contributed by atoms with van der Waals surface area (Å²) in [5, 5.41) is 5.26. The summed E-state index contributed by atoms with van der Waals surface area (Å²) in [4.78, 5) is 51.3. The summed E-state index contributed by atoms with van der Waals surface area (Å²) in [6.07, 6.45) is 1.52. The molecule has 1 aliphatic rings. The Morgan fingerprint density at radius 2 is 1.66 bits per heavy atom. The number of hydrogen-bond donors (Lipinski definition) is 2. The standard InChI is InChI=1S/C29H25BrClN3O6S/c1-16-4-6-19(10-17(16)2)33-27(36)15-40-23-9-5-18(11-24(23)39-3)12-25-28(37)34(29(38)41-25)14-26(35)32-20-7-8-21(30)22(31)13-20/h4-13H,14-15H2,1-3H3,(H,32,35)(H,33,36)/b25-12+. The van der Waals surface area contributed by atoms with Gasteiger partial charge in [-0.2, -0.15) is 0 Å². The third kappa shape index (κ3) is 7.69. The molecular formula is C29H25BrClN3O6S. The quantitative estimate of drug-likeness (QED) is 0.255. The molecule has 12 heteroatoms. The van der Waals surface area contributed by atoms with Gasteiger partial charge in [-0.15, -0.1) is 0 Å². The predicted octanol–water partition coefficient (Wildman–Crippen LogP) is 6.42. The number of methoxy groups -OCH3 is 1. The molecule has 1 heterocycles. The topological polar surface area (TPSA) is 114 Å². The van der Waals surface area contributed by atoms with Gasteiger partial charge in [-0.1, -0.05) is 23.7 Å². The van der Waals surface area contributed by atoms with Gasteiger partial charge >= 0.3 is 0 Å². The Balaban J connectivity index is 1.38. The van der Waals surface area contributed by atoms with Gasteiger partial charge in [0, 0.05) is 15.8 Å². The van der Waals surface area contributed by atoms with Crippen molar-refractivity contribution in [2.24, 2.45) is 0 Å². The number of benzene rings is 3. The van der Waals surface area contributed by atoms with Gasteiger partial charge in [-0.3, -0.25) is 24.1 Å². The van der Waals surface area contributed by atoms with Crippen molar-refractivity contribution in [2.45, 2.75) is 13.8 Å². The average Bonchev–Trinajstić information content (AvgIpc) is 3.19. The summed E-state index contributed by atoms with van der Waals surface area (Å²) >= 11 is 10.1. The highest BCUT2D eigenvalue weighted by Gasteiger charge is 2.36. The van der Waals surface area contributed by atoms with Crippen LogP contribution in [0.1, 0.15) is 16.7 Å². The Kier molecular flexibility index (Phi) is 9.74. The number of thioether (sulfide) groups is 1. The fraction of sp³-hybridized carbons (Fsp3) is 0.172. The summed E-state index contributed by atoms with van der Waals surface area (Å²) in [7, 11) is 1.45. The zero-order valence-corrected chi connectivity index (χ0v) is 25.4. The van der Waals surface area contributed by atoms with Gasteiger partial charge in [0.05, 0.1) is 17.0 Å². The molecule has 0 aromatic heterocycles. The minimum atomic E-state index is -0.591. The highest BCUT2D eigenvalue weighted by Crippen LogP contribution is 2.35. The van der Waals surface area contributed by atoms with Gasteiger partial charge in [0.15, 0.2) is 18.1 Å². The molecule has 1 saturated heterocycles. The van der Waals surface area contributed by atoms with Crippen LogP contribution in [0.3, 0.4) is 0 Å². The van der Waals surface area contributed by atoms with E-state index >= 15 is 0 Å². The number of nitrogens with one attached hydrogen (secondary N) is 2. The normalized spacial score (nSPS) is 13.9. The lowest BCUT2D eigenvalue weighted by Crippen LogP contribution is -2.36. The van der Waals surface area contributed by atoms with Crippen LogP contribution in [-0.4, -0.2) is 48.1 Å². The van der Waals surface area contributed by atoms with Gasteiger partial charge in [0.1, 0.15) is 6.54 Å². The highest BCUT2D eigenvalue weighted by atomic mass is 79.9. The molecule has 1 fully saturated rings. The van der Waals surface area contributed by atoms with Crippen molar-refractivity contribution in [1.29, 1.82) is 0 Å². The summed E-state index contributed by atoms with van der Waals surface area (Å²) in [5.74, 6) is -0.800. The SMILES string of the molecule is COc1cc(/C=C2/SC(=O)N(CC(=O)Nc3ccc(Br)c(Cl)c3)C2=O)ccc1OCC(=O)Nc1ccc(C)c(C)c1. The summed E-state index contributed by atoms with van der Waals surface area (Å²) in [5.41, 5.74) is 3.86. The number of imide groups is 1. The summed E-state index contributed by atoms with van der Waals surface area (Å²) < 4.78 is 11.7. The van der Waals surface area contributed by atoms with Crippen molar-refractivity contribution in [1.82, 2.24) is 4.90 Å². The van der Waals surface area contributed by atoms with Crippen molar-refractivity contribution < 1.29 is 28.7 Å². The largest absolute Gasteiger partial charge is 0.493 e. The first-order valence-electron chi connectivity index (χ1n) is 12.2. The van der Waals surface area contributed by atoms with Gasteiger partial charge in [0.2, 0.25) is 5.91 Å². The maximum atomic E-state index is 12.9. The van der Waals surface area contributed by atoms with Crippen LogP contribution in [0.5, 0.6) is 11.5 Å². The Morgan fingerprint density at radius 3 is 2.37 bits per heavy atom. The molecule has 3 aromatic carbocycles. The van der Waals surface area contributed by atoms with Crippen LogP contribution < -0.4 is 20.1 Å². The van der Waals surface area contributed by atoms with E-state index in [1.54, 1.807) is 36.4 Å². The van der Waals surface area contributed by atoms with E-state index in [0.717, 1.165) is 27.8 Å². The molecule has 212 valence electrons. The van der Waals surface area contributed by atoms with Crippen LogP contribution in [0.15, 0.2) is 64.0 Å². The number of carbonyl (C=O) groups excluding carboxylic acids is 4. The third-order valence-corrected chi connectivity index (χ3v) is 8.15. The number of rotatable bonds is 9. The van der Waals surface area contributed by atoms with Crippen LogP contribution in [0.25, 0.3) is 6.08 Å². The lowest BCUT2D eigenvalue weighted by Gasteiger charge is -2.13. The van der Waals surface area contributed by atoms with Gasteiger partial charge < -0.3 is 20.1 Å². The molecule has 0 unspecified atom stereocenters. The second-order valence-electron chi connectivity index (χ2n) is 8.99. The fourth-order valence-corrected chi connectivity index (χ4v) is 5.02. The smallest absolute Gasteiger partial charge is 0.294 e. The first-order valence-corrected chi connectivity index (χ1v) is 14.2. The monoisotopic (exact) mass is 657 g/mol. The Bertz CT molecular complexity index is 1580. The third-order valence-electron chi connectivity index (χ3n) is 6.01. The van der Waals surface area contributed by atoms with E-state index < -0.39 is 23.6 Å². The van der Waals surface area contributed by atoms with Crippen molar-refractivity contribution in [3.63, 3.8) is 0 Å². The number of halogens is 2. The number of ether oxygens (including phenoxy) is 2. The molecule has 9 nitrogen and oxygen atoms in total. The molecule has 3 aromatic rings. The fourth-order valence-electron chi connectivity index (χ4n) is 3.76. The minimum Gasteiger partial charge on any atom is -0.493 e. The number of anilines is 2. The van der Waals surface area contributed by atoms with Crippen molar-refractivity contribution in [3.05, 3.63) is 85.7 Å². The Hall–Kier alpha value is -3.80. The number of nitrogens with zero attached hydrogens (tertiary/aromatic N) is 1. The maximum Gasteiger partial charge on any atom is 0.294 e. The summed E-state index contributed by atoms with van der Waals surface area (Å²) in [6, 6.07) is 15.4. The van der Waals surface area contributed by atoms with Crippen LogP contribution in [-0.2, 0) is 14.4 Å². The Morgan fingerprint density at radius 1 is 0.951 bits per heavy atom. The van der Waals surface area contributed by atoms with Crippen LogP contribution in [0.4, 0.5) is 16.2 Å². The minimum absolute atomic E-state index is 0.151. The molecular weight excluding hydrogens is 634 g/mol. The Labute approximate surface area is 254 Å². The van der Waals surface area contributed by atoms with Crippen molar-refractivity contribution in [3.8, 4) is 11.5 Å². The van der Waals surface area contributed by atoms with Crippen molar-refractivity contribution >= 4 is 79.7 Å². The number of hydrogen-bond acceptors (Lipinski definition) is 7. The molecule has 0 bridgehead atoms. The predicted molar refractivity (Wildman–Crippen MR) is 163 cm³/mol. The highest BCUT2D eigenvalue weighted by molar-refractivity contribution is 9.10. The molecule has 1 aliphatic heterocycles. The molecule has 0 radical (unpaired) electrons. The lowest BCUT2D eigenvalue weighted by molar-refractivity contribution is -0.127. The van der Waals surface area contributed by atoms with E-state index in [2.05, 4.69) is 26.6 Å². The van der Waals surface area contributed by atoms with Gasteiger partial charge in [-0.25, -0.2) is 0 Å². The molecule has 0 saturated carbocycles. The summed E-state index contributed by atoms with van der Waals surface area (Å²) in [6.45, 7) is 3.27. The average molecular weight is 659 g/mol. The molecule has 4 amide bonds. The van der Waals surface area contributed by atoms with E-state index in [1.807, 2.05) is 32.0 Å². The zero-order chi connectivity index (χ0) is 29.7. The van der Waals surface area contributed by atoms with E-state index in [4.69, 9.17) is 21.1 Å². The molecule has 2 N–H and O–H groups in total. The van der Waals surface area contributed by atoms with Gasteiger partial charge in [-0.05, 0) is 107 Å². The van der Waals surface area contributed by atoms with E-state index in [0.29, 0.717) is 37.9 Å². The number of carbonyl (C=O) groups is 4. The second kappa shape index (κ2) is 13.2. The maximum absolute atomic E-state index is 12.9. The first-order chi connectivity index (χ1) is 19.5. The van der Waals surface area contributed by atoms with Crippen LogP contribution in [0.2, 0.25) is 5.02 Å². The molecule has 0 spiro atoms. The van der Waals surface area contributed by atoms with E-state index in [1.165, 1.54) is 13.2 Å². The second-order valence-corrected chi connectivity index (χ2v) is 11.2. The lowest BCUT2D eigenvalue weighted by atomic mass is 10.1. The first kappa shape index (κ1) is 30.2. The molecule has 0 atom stereocenters. The van der Waals surface area contributed by atoms with Crippen LogP contribution in [0, 0.1) is 13.8 Å².